The smallest absolute Gasteiger partial charge is 0.309 e. The van der Waals surface area contributed by atoms with Crippen LogP contribution < -0.4 is 10.1 Å². The van der Waals surface area contributed by atoms with E-state index in [1.165, 1.54) is 57.8 Å². The number of aliphatic carboxylic acids is 1. The minimum Gasteiger partial charge on any atom is -0.493 e. The van der Waals surface area contributed by atoms with Crippen LogP contribution in [0.5, 0.6) is 5.75 Å². The quantitative estimate of drug-likeness (QED) is 0.293. The number of carboxylic acid groups (broad SMARTS) is 1. The summed E-state index contributed by atoms with van der Waals surface area (Å²) in [6, 6.07) is 7.04. The average Bonchev–Trinajstić information content (AvgIpc) is 2.71. The molecule has 29 heavy (non-hydrogen) atoms. The second-order valence-electron chi connectivity index (χ2n) is 7.91. The van der Waals surface area contributed by atoms with Gasteiger partial charge in [0.1, 0.15) is 12.4 Å². The fraction of sp³-hybridized carbons (Fsp3) is 0.667. The third-order valence-corrected chi connectivity index (χ3v) is 5.07. The Bertz CT molecular complexity index is 571. The Morgan fingerprint density at radius 2 is 1.41 bits per heavy atom. The lowest BCUT2D eigenvalue weighted by molar-refractivity contribution is -0.142. The topological polar surface area (TPSA) is 75.6 Å². The number of carbonyl (C=O) groups excluding carboxylic acids is 1. The van der Waals surface area contributed by atoms with Crippen LogP contribution in [0.2, 0.25) is 0 Å². The predicted molar refractivity (Wildman–Crippen MR) is 118 cm³/mol. The van der Waals surface area contributed by atoms with Gasteiger partial charge in [-0.25, -0.2) is 0 Å². The molecule has 1 atom stereocenters. The molecule has 0 spiro atoms. The first-order valence-electron chi connectivity index (χ1n) is 11.3. The van der Waals surface area contributed by atoms with Gasteiger partial charge in [-0.15, -0.1) is 0 Å². The zero-order chi connectivity index (χ0) is 21.3. The van der Waals surface area contributed by atoms with Crippen molar-refractivity contribution in [3.63, 3.8) is 0 Å². The average molecular weight is 406 g/mol. The highest BCUT2D eigenvalue weighted by atomic mass is 16.5. The number of unbranched alkanes of at least 4 members (excludes halogenated alkanes) is 10. The molecule has 0 aliphatic carbocycles. The summed E-state index contributed by atoms with van der Waals surface area (Å²) in [6.07, 6.45) is 14.5. The van der Waals surface area contributed by atoms with E-state index in [2.05, 4.69) is 12.2 Å². The molecule has 5 nitrogen and oxygen atoms in total. The fourth-order valence-corrected chi connectivity index (χ4v) is 3.10. The number of anilines is 1. The first-order chi connectivity index (χ1) is 14.0. The van der Waals surface area contributed by atoms with Gasteiger partial charge >= 0.3 is 5.97 Å². The minimum absolute atomic E-state index is 0.0362. The highest BCUT2D eigenvalue weighted by molar-refractivity contribution is 5.90. The Hall–Kier alpha value is -2.04. The van der Waals surface area contributed by atoms with E-state index in [4.69, 9.17) is 9.84 Å². The number of rotatable bonds is 17. The van der Waals surface area contributed by atoms with E-state index in [0.29, 0.717) is 12.2 Å². The van der Waals surface area contributed by atoms with Crippen molar-refractivity contribution in [2.24, 2.45) is 5.92 Å². The van der Waals surface area contributed by atoms with Crippen LogP contribution in [0, 0.1) is 5.92 Å². The van der Waals surface area contributed by atoms with Gasteiger partial charge in [-0.1, -0.05) is 71.1 Å². The third-order valence-electron chi connectivity index (χ3n) is 5.07. The van der Waals surface area contributed by atoms with E-state index >= 15 is 0 Å². The summed E-state index contributed by atoms with van der Waals surface area (Å²) in [5, 5.41) is 11.8. The first-order valence-corrected chi connectivity index (χ1v) is 11.3. The van der Waals surface area contributed by atoms with E-state index in [-0.39, 0.29) is 12.5 Å². The molecule has 5 heteroatoms. The van der Waals surface area contributed by atoms with E-state index < -0.39 is 11.9 Å². The molecule has 0 fully saturated rings. The van der Waals surface area contributed by atoms with E-state index in [1.807, 2.05) is 0 Å². The van der Waals surface area contributed by atoms with Crippen LogP contribution in [0.25, 0.3) is 0 Å². The number of carbonyl (C=O) groups is 2. The van der Waals surface area contributed by atoms with Crippen molar-refractivity contribution < 1.29 is 19.4 Å². The Morgan fingerprint density at radius 1 is 0.897 bits per heavy atom. The molecule has 2 N–H and O–H groups in total. The van der Waals surface area contributed by atoms with Crippen LogP contribution in [0.4, 0.5) is 5.69 Å². The number of amides is 1. The van der Waals surface area contributed by atoms with Crippen LogP contribution in [-0.4, -0.2) is 23.6 Å². The monoisotopic (exact) mass is 405 g/mol. The SMILES string of the molecule is CCCCCCCCCCCCCC(=O)Nc1ccc(OCC(C)C(=O)O)cc1. The van der Waals surface area contributed by atoms with Crippen molar-refractivity contribution in [3.05, 3.63) is 24.3 Å². The lowest BCUT2D eigenvalue weighted by Gasteiger charge is -2.10. The second-order valence-corrected chi connectivity index (χ2v) is 7.91. The summed E-state index contributed by atoms with van der Waals surface area (Å²) >= 11 is 0. The number of hydrogen-bond acceptors (Lipinski definition) is 3. The van der Waals surface area contributed by atoms with Gasteiger partial charge in [0.15, 0.2) is 0 Å². The maximum atomic E-state index is 12.0. The molecule has 0 radical (unpaired) electrons. The molecule has 0 aliphatic heterocycles. The highest BCUT2D eigenvalue weighted by Gasteiger charge is 2.11. The van der Waals surface area contributed by atoms with Crippen LogP contribution in [0.15, 0.2) is 24.3 Å². The van der Waals surface area contributed by atoms with Crippen LogP contribution >= 0.6 is 0 Å². The molecule has 1 unspecified atom stereocenters. The van der Waals surface area contributed by atoms with Gasteiger partial charge in [-0.2, -0.15) is 0 Å². The lowest BCUT2D eigenvalue weighted by Crippen LogP contribution is -2.17. The third kappa shape index (κ3) is 12.9. The zero-order valence-corrected chi connectivity index (χ0v) is 18.3. The van der Waals surface area contributed by atoms with Gasteiger partial charge in [0, 0.05) is 12.1 Å². The summed E-state index contributed by atoms with van der Waals surface area (Å²) in [5.41, 5.74) is 0.733. The van der Waals surface area contributed by atoms with Crippen LogP contribution in [-0.2, 0) is 9.59 Å². The lowest BCUT2D eigenvalue weighted by atomic mass is 10.1. The van der Waals surface area contributed by atoms with Crippen molar-refractivity contribution in [2.45, 2.75) is 90.9 Å². The summed E-state index contributed by atoms with van der Waals surface area (Å²) in [4.78, 5) is 22.8. The number of carboxylic acids is 1. The molecule has 1 aromatic carbocycles. The number of ether oxygens (including phenoxy) is 1. The van der Waals surface area contributed by atoms with E-state index in [1.54, 1.807) is 31.2 Å². The fourth-order valence-electron chi connectivity index (χ4n) is 3.10. The Morgan fingerprint density at radius 3 is 1.93 bits per heavy atom. The maximum Gasteiger partial charge on any atom is 0.309 e. The van der Waals surface area contributed by atoms with Crippen molar-refractivity contribution in [1.29, 1.82) is 0 Å². The van der Waals surface area contributed by atoms with E-state index in [9.17, 15) is 9.59 Å². The van der Waals surface area contributed by atoms with Gasteiger partial charge in [0.25, 0.3) is 0 Å². The molecular weight excluding hydrogens is 366 g/mol. The van der Waals surface area contributed by atoms with Gasteiger partial charge < -0.3 is 15.2 Å². The maximum absolute atomic E-state index is 12.0. The summed E-state index contributed by atoms with van der Waals surface area (Å²) in [7, 11) is 0. The zero-order valence-electron chi connectivity index (χ0n) is 18.3. The molecule has 0 bridgehead atoms. The molecule has 164 valence electrons. The Labute approximate surface area is 176 Å². The highest BCUT2D eigenvalue weighted by Crippen LogP contribution is 2.17. The standard InChI is InChI=1S/C24H39NO4/c1-3-4-5-6-7-8-9-10-11-12-13-14-23(26)25-21-15-17-22(18-16-21)29-19-20(2)24(27)28/h15-18,20H,3-14,19H2,1-2H3,(H,25,26)(H,27,28). The number of benzene rings is 1. The molecule has 0 heterocycles. The second kappa shape index (κ2) is 15.8. The van der Waals surface area contributed by atoms with Crippen molar-refractivity contribution in [3.8, 4) is 5.75 Å². The van der Waals surface area contributed by atoms with E-state index in [0.717, 1.165) is 18.5 Å². The number of nitrogens with one attached hydrogen (secondary N) is 1. The molecule has 0 saturated carbocycles. The molecule has 1 rings (SSSR count). The van der Waals surface area contributed by atoms with Crippen molar-refractivity contribution in [2.75, 3.05) is 11.9 Å². The molecular formula is C24H39NO4. The largest absolute Gasteiger partial charge is 0.493 e. The minimum atomic E-state index is -0.878. The van der Waals surface area contributed by atoms with Gasteiger partial charge in [0.2, 0.25) is 5.91 Å². The summed E-state index contributed by atoms with van der Waals surface area (Å²) in [5.74, 6) is -0.799. The van der Waals surface area contributed by atoms with Crippen molar-refractivity contribution >= 4 is 17.6 Å². The van der Waals surface area contributed by atoms with Gasteiger partial charge in [-0.05, 0) is 37.6 Å². The van der Waals surface area contributed by atoms with Gasteiger partial charge in [-0.3, -0.25) is 9.59 Å². The van der Waals surface area contributed by atoms with Crippen LogP contribution in [0.3, 0.4) is 0 Å². The molecule has 1 amide bonds. The molecule has 0 saturated heterocycles. The Kier molecular flexibility index (Phi) is 13.6. The predicted octanol–water partition coefficient (Wildman–Crippen LogP) is 6.43. The molecule has 0 aromatic heterocycles. The Balaban J connectivity index is 2.06. The molecule has 0 aliphatic rings. The van der Waals surface area contributed by atoms with Crippen molar-refractivity contribution in [1.82, 2.24) is 0 Å². The normalized spacial score (nSPS) is 11.8. The summed E-state index contributed by atoms with van der Waals surface area (Å²) < 4.78 is 5.44. The first kappa shape index (κ1) is 25.0. The van der Waals surface area contributed by atoms with Crippen LogP contribution in [0.1, 0.15) is 90.9 Å². The number of hydrogen-bond donors (Lipinski definition) is 2. The molecule has 1 aromatic rings. The van der Waals surface area contributed by atoms with Gasteiger partial charge in [0.05, 0.1) is 5.92 Å². The summed E-state index contributed by atoms with van der Waals surface area (Å²) in [6.45, 7) is 3.98.